The quantitative estimate of drug-likeness (QED) is 0.386. The van der Waals surface area contributed by atoms with Crippen molar-refractivity contribution in [3.63, 3.8) is 0 Å². The number of hydrogen-bond donors (Lipinski definition) is 0. The minimum absolute atomic E-state index is 0.0860. The fourth-order valence-electron chi connectivity index (χ4n) is 4.30. The molecule has 1 unspecified atom stereocenters. The number of benzene rings is 2. The van der Waals surface area contributed by atoms with Crippen molar-refractivity contribution < 1.29 is 9.21 Å². The minimum atomic E-state index is -0.614. The van der Waals surface area contributed by atoms with Gasteiger partial charge in [0.25, 0.3) is 5.91 Å². The Balaban J connectivity index is 1.76. The zero-order chi connectivity index (χ0) is 23.3. The Morgan fingerprint density at radius 3 is 2.42 bits per heavy atom. The van der Waals surface area contributed by atoms with E-state index in [2.05, 4.69) is 36.2 Å². The predicted octanol–water partition coefficient (Wildman–Crippen LogP) is 5.64. The number of rotatable bonds is 5. The number of aryl methyl sites for hydroxylation is 2. The fourth-order valence-corrected chi connectivity index (χ4v) is 5.11. The highest BCUT2D eigenvalue weighted by atomic mass is 32.1. The van der Waals surface area contributed by atoms with Gasteiger partial charge in [-0.05, 0) is 47.6 Å². The van der Waals surface area contributed by atoms with Gasteiger partial charge in [0.15, 0.2) is 5.43 Å². The van der Waals surface area contributed by atoms with Crippen LogP contribution in [0.2, 0.25) is 0 Å². The Bertz CT molecular complexity index is 1420. The average molecular weight is 460 g/mol. The molecule has 0 bridgehead atoms. The van der Waals surface area contributed by atoms with Crippen LogP contribution in [-0.4, -0.2) is 16.1 Å². The maximum Gasteiger partial charge on any atom is 0.297 e. The van der Waals surface area contributed by atoms with E-state index in [0.717, 1.165) is 29.0 Å². The molecule has 7 heteroatoms. The zero-order valence-electron chi connectivity index (χ0n) is 19.1. The van der Waals surface area contributed by atoms with Crippen molar-refractivity contribution in [2.75, 3.05) is 4.90 Å². The molecule has 168 valence electrons. The van der Waals surface area contributed by atoms with Crippen LogP contribution in [0.4, 0.5) is 5.13 Å². The molecule has 0 spiro atoms. The monoisotopic (exact) mass is 459 g/mol. The molecule has 1 aliphatic rings. The third kappa shape index (κ3) is 3.47. The van der Waals surface area contributed by atoms with Crippen LogP contribution in [0.3, 0.4) is 0 Å². The van der Waals surface area contributed by atoms with Crippen LogP contribution in [0.5, 0.6) is 0 Å². The van der Waals surface area contributed by atoms with Gasteiger partial charge in [0, 0.05) is 0 Å². The van der Waals surface area contributed by atoms with Crippen LogP contribution in [0.15, 0.2) is 51.7 Å². The second-order valence-electron chi connectivity index (χ2n) is 8.59. The van der Waals surface area contributed by atoms with Crippen molar-refractivity contribution in [3.05, 3.63) is 85.7 Å². The van der Waals surface area contributed by atoms with Crippen molar-refractivity contribution >= 4 is 33.3 Å². The molecule has 0 aliphatic carbocycles. The average Bonchev–Trinajstić information content (AvgIpc) is 3.41. The molecule has 2 aromatic carbocycles. The lowest BCUT2D eigenvalue weighted by atomic mass is 9.95. The molecule has 33 heavy (non-hydrogen) atoms. The van der Waals surface area contributed by atoms with Gasteiger partial charge in [-0.15, -0.1) is 10.2 Å². The highest BCUT2D eigenvalue weighted by Gasteiger charge is 2.45. The van der Waals surface area contributed by atoms with E-state index in [1.165, 1.54) is 16.9 Å². The van der Waals surface area contributed by atoms with Crippen molar-refractivity contribution in [1.82, 2.24) is 10.2 Å². The van der Waals surface area contributed by atoms with E-state index in [1.807, 2.05) is 38.1 Å². The first-order valence-corrected chi connectivity index (χ1v) is 12.1. The van der Waals surface area contributed by atoms with Gasteiger partial charge in [-0.1, -0.05) is 69.4 Å². The fraction of sp³-hybridized carbons (Fsp3) is 0.308. The minimum Gasteiger partial charge on any atom is -0.450 e. The number of anilines is 1. The molecule has 1 aliphatic heterocycles. The van der Waals surface area contributed by atoms with Crippen LogP contribution >= 0.6 is 11.3 Å². The number of aromatic nitrogens is 2. The number of nitrogens with zero attached hydrogens (tertiary/aromatic N) is 3. The first-order chi connectivity index (χ1) is 15.9. The molecule has 6 nitrogen and oxygen atoms in total. The second-order valence-corrected chi connectivity index (χ2v) is 9.63. The Hall–Kier alpha value is -3.32. The molecule has 2 aromatic heterocycles. The lowest BCUT2D eigenvalue weighted by Crippen LogP contribution is -2.29. The van der Waals surface area contributed by atoms with Gasteiger partial charge in [-0.25, -0.2) is 0 Å². The Morgan fingerprint density at radius 2 is 1.79 bits per heavy atom. The number of carbonyl (C=O) groups is 1. The summed E-state index contributed by atoms with van der Waals surface area (Å²) >= 11 is 1.37. The first-order valence-electron chi connectivity index (χ1n) is 11.3. The molecule has 4 aromatic rings. The number of carbonyl (C=O) groups excluding carboxylic acids is 1. The van der Waals surface area contributed by atoms with Gasteiger partial charge in [-0.2, -0.15) is 0 Å². The van der Waals surface area contributed by atoms with Crippen molar-refractivity contribution in [1.29, 1.82) is 0 Å². The van der Waals surface area contributed by atoms with E-state index < -0.39 is 6.04 Å². The van der Waals surface area contributed by atoms with Crippen molar-refractivity contribution in [3.8, 4) is 0 Å². The molecule has 1 amide bonds. The lowest BCUT2D eigenvalue weighted by molar-refractivity contribution is 0.0970. The normalized spacial score (nSPS) is 15.6. The van der Waals surface area contributed by atoms with Crippen LogP contribution in [0.25, 0.3) is 11.0 Å². The molecule has 1 atom stereocenters. The van der Waals surface area contributed by atoms with Gasteiger partial charge < -0.3 is 4.42 Å². The summed E-state index contributed by atoms with van der Waals surface area (Å²) in [6.07, 6.45) is 1.53. The smallest absolute Gasteiger partial charge is 0.297 e. The third-order valence-corrected chi connectivity index (χ3v) is 7.29. The summed E-state index contributed by atoms with van der Waals surface area (Å²) in [6.45, 7) is 8.31. The summed E-state index contributed by atoms with van der Waals surface area (Å²) in [7, 11) is 0. The molecule has 0 saturated heterocycles. The highest BCUT2D eigenvalue weighted by molar-refractivity contribution is 7.15. The summed E-state index contributed by atoms with van der Waals surface area (Å²) < 4.78 is 6.06. The zero-order valence-corrected chi connectivity index (χ0v) is 19.9. The first kappa shape index (κ1) is 21.5. The van der Waals surface area contributed by atoms with Crippen molar-refractivity contribution in [2.24, 2.45) is 0 Å². The summed E-state index contributed by atoms with van der Waals surface area (Å²) in [4.78, 5) is 28.9. The van der Waals surface area contributed by atoms with E-state index in [1.54, 1.807) is 11.0 Å². The third-order valence-electron chi connectivity index (χ3n) is 6.23. The van der Waals surface area contributed by atoms with E-state index in [9.17, 15) is 9.59 Å². The lowest BCUT2D eigenvalue weighted by Gasteiger charge is -2.22. The van der Waals surface area contributed by atoms with Crippen molar-refractivity contribution in [2.45, 2.75) is 52.5 Å². The summed E-state index contributed by atoms with van der Waals surface area (Å²) in [5.41, 5.74) is 3.70. The summed E-state index contributed by atoms with van der Waals surface area (Å²) in [5, 5.41) is 10.3. The van der Waals surface area contributed by atoms with Gasteiger partial charge in [0.2, 0.25) is 10.9 Å². The van der Waals surface area contributed by atoms with Gasteiger partial charge >= 0.3 is 0 Å². The maximum atomic E-state index is 13.8. The summed E-state index contributed by atoms with van der Waals surface area (Å²) in [6, 6.07) is 13.0. The number of amides is 1. The predicted molar refractivity (Wildman–Crippen MR) is 130 cm³/mol. The van der Waals surface area contributed by atoms with Crippen LogP contribution in [0, 0.1) is 0 Å². The number of hydrogen-bond acceptors (Lipinski definition) is 6. The maximum absolute atomic E-state index is 13.8. The van der Waals surface area contributed by atoms with Crippen LogP contribution < -0.4 is 10.3 Å². The van der Waals surface area contributed by atoms with E-state index in [4.69, 9.17) is 4.42 Å². The second kappa shape index (κ2) is 8.23. The molecular weight excluding hydrogens is 434 g/mol. The van der Waals surface area contributed by atoms with Gasteiger partial charge in [0.1, 0.15) is 10.6 Å². The molecule has 5 rings (SSSR count). The Labute approximate surface area is 195 Å². The molecule has 0 saturated carbocycles. The SMILES string of the molecule is CCc1ccc2oc3c(c(=O)c2c1)C(c1ccc(C(C)C)cc1)N(c1nnc(CC)s1)C3=O. The van der Waals surface area contributed by atoms with E-state index >= 15 is 0 Å². The van der Waals surface area contributed by atoms with Crippen LogP contribution in [0.1, 0.15) is 77.5 Å². The van der Waals surface area contributed by atoms with Gasteiger partial charge in [-0.3, -0.25) is 14.5 Å². The summed E-state index contributed by atoms with van der Waals surface area (Å²) in [5.74, 6) is 0.104. The Kier molecular flexibility index (Phi) is 5.37. The topological polar surface area (TPSA) is 76.3 Å². The molecular formula is C26H25N3O3S. The standard InChI is InChI=1S/C26H25N3O3S/c1-5-15-7-12-19-18(13-15)23(30)21-22(17-10-8-16(9-11-17)14(3)4)29(25(31)24(21)32-19)26-28-27-20(6-2)33-26/h7-14,22H,5-6H2,1-4H3. The highest BCUT2D eigenvalue weighted by Crippen LogP contribution is 2.42. The number of fused-ring (bicyclic) bond motifs is 2. The Morgan fingerprint density at radius 1 is 1.03 bits per heavy atom. The molecule has 0 N–H and O–H groups in total. The van der Waals surface area contributed by atoms with E-state index in [-0.39, 0.29) is 17.1 Å². The van der Waals surface area contributed by atoms with Gasteiger partial charge in [0.05, 0.1) is 17.0 Å². The van der Waals surface area contributed by atoms with E-state index in [0.29, 0.717) is 27.6 Å². The van der Waals surface area contributed by atoms with Crippen LogP contribution in [-0.2, 0) is 12.8 Å². The molecule has 3 heterocycles. The molecule has 0 fully saturated rings. The molecule has 0 radical (unpaired) electrons. The largest absolute Gasteiger partial charge is 0.450 e.